The predicted octanol–water partition coefficient (Wildman–Crippen LogP) is 2.22. The molecule has 0 atom stereocenters. The summed E-state index contributed by atoms with van der Waals surface area (Å²) >= 11 is 1.34. The lowest BCUT2D eigenvalue weighted by Gasteiger charge is -2.08. The van der Waals surface area contributed by atoms with Crippen molar-refractivity contribution in [2.75, 3.05) is 23.7 Å². The van der Waals surface area contributed by atoms with Gasteiger partial charge in [0.1, 0.15) is 10.7 Å². The summed E-state index contributed by atoms with van der Waals surface area (Å²) < 4.78 is 0. The Kier molecular flexibility index (Phi) is 5.47. The zero-order chi connectivity index (χ0) is 17.5. The van der Waals surface area contributed by atoms with Crippen molar-refractivity contribution >= 4 is 34.6 Å². The third kappa shape index (κ3) is 4.70. The van der Waals surface area contributed by atoms with Crippen molar-refractivity contribution in [2.24, 2.45) is 0 Å². The van der Waals surface area contributed by atoms with E-state index in [1.165, 1.54) is 11.3 Å². The van der Waals surface area contributed by atoms with E-state index in [2.05, 4.69) is 36.1 Å². The fraction of sp³-hybridized carbons (Fsp3) is 0.188. The highest BCUT2D eigenvalue weighted by atomic mass is 32.1. The highest BCUT2D eigenvalue weighted by molar-refractivity contribution is 7.11. The largest absolute Gasteiger partial charge is 0.367 e. The minimum absolute atomic E-state index is 0.107. The Morgan fingerprint density at radius 3 is 2.52 bits per heavy atom. The molecular formula is C16H17N7OS. The molecule has 3 rings (SSSR count). The molecule has 3 aromatic rings. The number of pyridine rings is 1. The van der Waals surface area contributed by atoms with Crippen LogP contribution in [0.25, 0.3) is 0 Å². The summed E-state index contributed by atoms with van der Waals surface area (Å²) in [7, 11) is 0. The maximum Gasteiger partial charge on any atom is 0.263 e. The van der Waals surface area contributed by atoms with Crippen molar-refractivity contribution in [1.29, 1.82) is 0 Å². The minimum atomic E-state index is -0.107. The minimum Gasteiger partial charge on any atom is -0.367 e. The van der Waals surface area contributed by atoms with E-state index in [4.69, 9.17) is 0 Å². The Balaban J connectivity index is 1.43. The number of rotatable bonds is 7. The van der Waals surface area contributed by atoms with E-state index in [-0.39, 0.29) is 5.91 Å². The van der Waals surface area contributed by atoms with Gasteiger partial charge in [0, 0.05) is 31.2 Å². The van der Waals surface area contributed by atoms with E-state index in [0.29, 0.717) is 29.6 Å². The molecule has 1 amide bonds. The number of hydrogen-bond donors (Lipinski definition) is 3. The Bertz CT molecular complexity index is 820. The van der Waals surface area contributed by atoms with Crippen LogP contribution < -0.4 is 16.0 Å². The number of hydrogen-bond acceptors (Lipinski definition) is 8. The van der Waals surface area contributed by atoms with Crippen LogP contribution in [0.1, 0.15) is 15.4 Å². The Labute approximate surface area is 148 Å². The van der Waals surface area contributed by atoms with Gasteiger partial charge in [0.05, 0.1) is 11.2 Å². The van der Waals surface area contributed by atoms with Crippen molar-refractivity contribution in [3.63, 3.8) is 0 Å². The summed E-state index contributed by atoms with van der Waals surface area (Å²) in [5.41, 5.74) is 3.31. The molecule has 0 bridgehead atoms. The number of anilines is 3. The smallest absolute Gasteiger partial charge is 0.263 e. The lowest BCUT2D eigenvalue weighted by Crippen LogP contribution is -2.28. The number of thiazole rings is 1. The molecule has 25 heavy (non-hydrogen) atoms. The summed E-state index contributed by atoms with van der Waals surface area (Å²) in [6, 6.07) is 7.35. The lowest BCUT2D eigenvalue weighted by molar-refractivity contribution is 0.0958. The van der Waals surface area contributed by atoms with E-state index in [1.807, 2.05) is 31.2 Å². The van der Waals surface area contributed by atoms with Gasteiger partial charge in [-0.25, -0.2) is 4.98 Å². The molecule has 3 aromatic heterocycles. The van der Waals surface area contributed by atoms with Gasteiger partial charge in [-0.15, -0.1) is 21.5 Å². The first-order valence-electron chi connectivity index (χ1n) is 7.65. The van der Waals surface area contributed by atoms with Gasteiger partial charge < -0.3 is 16.0 Å². The maximum atomic E-state index is 11.9. The van der Waals surface area contributed by atoms with Crippen molar-refractivity contribution in [2.45, 2.75) is 6.92 Å². The predicted molar refractivity (Wildman–Crippen MR) is 97.2 cm³/mol. The maximum absolute atomic E-state index is 11.9. The van der Waals surface area contributed by atoms with Gasteiger partial charge in [-0.1, -0.05) is 0 Å². The molecule has 0 saturated heterocycles. The molecule has 0 unspecified atom stereocenters. The highest BCUT2D eigenvalue weighted by Gasteiger charge is 2.10. The second kappa shape index (κ2) is 8.15. The van der Waals surface area contributed by atoms with E-state index in [0.717, 1.165) is 11.4 Å². The van der Waals surface area contributed by atoms with Gasteiger partial charge in [-0.3, -0.25) is 9.78 Å². The van der Waals surface area contributed by atoms with Crippen LogP contribution in [0, 0.1) is 6.92 Å². The number of carbonyl (C=O) groups excluding carboxylic acids is 1. The second-order valence-electron chi connectivity index (χ2n) is 5.11. The SMILES string of the molecule is Cc1ncsc1C(=O)NCCNc1ccc(Nc2ccncc2)nn1. The van der Waals surface area contributed by atoms with Gasteiger partial charge in [0.2, 0.25) is 0 Å². The summed E-state index contributed by atoms with van der Waals surface area (Å²) in [6.07, 6.45) is 3.40. The van der Waals surface area contributed by atoms with Gasteiger partial charge >= 0.3 is 0 Å². The van der Waals surface area contributed by atoms with Gasteiger partial charge in [-0.2, -0.15) is 0 Å². The van der Waals surface area contributed by atoms with E-state index < -0.39 is 0 Å². The molecule has 0 fully saturated rings. The summed E-state index contributed by atoms with van der Waals surface area (Å²) in [5, 5.41) is 17.3. The molecule has 3 heterocycles. The number of aromatic nitrogens is 4. The third-order valence-electron chi connectivity index (χ3n) is 3.29. The lowest BCUT2D eigenvalue weighted by atomic mass is 10.4. The zero-order valence-corrected chi connectivity index (χ0v) is 14.4. The van der Waals surface area contributed by atoms with Crippen molar-refractivity contribution in [3.8, 4) is 0 Å². The van der Waals surface area contributed by atoms with Crippen molar-refractivity contribution in [3.05, 3.63) is 52.7 Å². The molecule has 0 aromatic carbocycles. The van der Waals surface area contributed by atoms with E-state index >= 15 is 0 Å². The molecule has 8 nitrogen and oxygen atoms in total. The molecule has 3 N–H and O–H groups in total. The summed E-state index contributed by atoms with van der Waals surface area (Å²) in [6.45, 7) is 2.85. The van der Waals surface area contributed by atoms with E-state index in [1.54, 1.807) is 17.9 Å². The van der Waals surface area contributed by atoms with Gasteiger partial charge in [0.25, 0.3) is 5.91 Å². The Morgan fingerprint density at radius 1 is 1.08 bits per heavy atom. The number of carbonyl (C=O) groups is 1. The van der Waals surface area contributed by atoms with Crippen LogP contribution in [-0.4, -0.2) is 39.2 Å². The van der Waals surface area contributed by atoms with Crippen LogP contribution >= 0.6 is 11.3 Å². The second-order valence-corrected chi connectivity index (χ2v) is 5.97. The fourth-order valence-electron chi connectivity index (χ4n) is 2.04. The quantitative estimate of drug-likeness (QED) is 0.558. The van der Waals surface area contributed by atoms with Crippen LogP contribution in [0.3, 0.4) is 0 Å². The summed E-state index contributed by atoms with van der Waals surface area (Å²) in [4.78, 5) is 20.6. The van der Waals surface area contributed by atoms with Crippen LogP contribution in [0.4, 0.5) is 17.3 Å². The molecule has 0 spiro atoms. The molecule has 0 aliphatic rings. The third-order valence-corrected chi connectivity index (χ3v) is 4.21. The number of nitrogens with zero attached hydrogens (tertiary/aromatic N) is 4. The average Bonchev–Trinajstić information content (AvgIpc) is 3.07. The number of amides is 1. The number of aryl methyl sites for hydroxylation is 1. The average molecular weight is 355 g/mol. The fourth-order valence-corrected chi connectivity index (χ4v) is 2.76. The molecule has 0 saturated carbocycles. The molecular weight excluding hydrogens is 338 g/mol. The molecule has 0 aliphatic heterocycles. The number of nitrogens with one attached hydrogen (secondary N) is 3. The Morgan fingerprint density at radius 2 is 1.84 bits per heavy atom. The molecule has 0 aliphatic carbocycles. The van der Waals surface area contributed by atoms with Crippen LogP contribution in [-0.2, 0) is 0 Å². The molecule has 0 radical (unpaired) electrons. The monoisotopic (exact) mass is 355 g/mol. The van der Waals surface area contributed by atoms with Crippen LogP contribution in [0.5, 0.6) is 0 Å². The molecule has 128 valence electrons. The zero-order valence-electron chi connectivity index (χ0n) is 13.6. The van der Waals surface area contributed by atoms with Crippen LogP contribution in [0.2, 0.25) is 0 Å². The first-order chi connectivity index (χ1) is 12.2. The topological polar surface area (TPSA) is 105 Å². The highest BCUT2D eigenvalue weighted by Crippen LogP contribution is 2.13. The molecule has 9 heteroatoms. The van der Waals surface area contributed by atoms with Gasteiger partial charge in [0.15, 0.2) is 5.82 Å². The van der Waals surface area contributed by atoms with Crippen molar-refractivity contribution < 1.29 is 4.79 Å². The first kappa shape index (κ1) is 16.8. The van der Waals surface area contributed by atoms with E-state index in [9.17, 15) is 4.79 Å². The van der Waals surface area contributed by atoms with Crippen LogP contribution in [0.15, 0.2) is 42.2 Å². The first-order valence-corrected chi connectivity index (χ1v) is 8.53. The van der Waals surface area contributed by atoms with Crippen molar-refractivity contribution in [1.82, 2.24) is 25.5 Å². The Hall–Kier alpha value is -3.07. The standard InChI is InChI=1S/C16H17N7OS/c1-11-15(25-10-20-11)16(24)19-9-8-18-13-2-3-14(23-22-13)21-12-4-6-17-7-5-12/h2-7,10H,8-9H2,1H3,(H,18,22)(H,19,24)(H,17,21,23). The van der Waals surface area contributed by atoms with Gasteiger partial charge in [-0.05, 0) is 31.2 Å². The summed E-state index contributed by atoms with van der Waals surface area (Å²) in [5.74, 6) is 1.18. The normalized spacial score (nSPS) is 10.3.